The molecular weight excluding hydrogens is 316 g/mol. The van der Waals surface area contributed by atoms with Crippen molar-refractivity contribution in [3.63, 3.8) is 0 Å². The van der Waals surface area contributed by atoms with Crippen LogP contribution in [0.1, 0.15) is 31.2 Å². The predicted octanol–water partition coefficient (Wildman–Crippen LogP) is 2.69. The summed E-state index contributed by atoms with van der Waals surface area (Å²) >= 11 is 0. The number of piperidine rings is 1. The standard InChI is InChI=1S/C19H24N4O2/c1-4-22-11-15(5-10-18(22)24)19(25)21-16-6-8-17(9-7-16)23-12-20-13(2)14(23)3/h6-9,12,15H,4-5,10-11H2,1-3H3,(H,21,25). The van der Waals surface area contributed by atoms with Crippen molar-refractivity contribution < 1.29 is 9.59 Å². The molecule has 2 amide bonds. The van der Waals surface area contributed by atoms with E-state index in [-0.39, 0.29) is 17.7 Å². The van der Waals surface area contributed by atoms with Crippen LogP contribution in [0.4, 0.5) is 5.69 Å². The molecule has 0 saturated carbocycles. The fraction of sp³-hybridized carbons (Fsp3) is 0.421. The number of benzene rings is 1. The van der Waals surface area contributed by atoms with Gasteiger partial charge in [-0.05, 0) is 51.5 Å². The molecular formula is C19H24N4O2. The van der Waals surface area contributed by atoms with E-state index in [4.69, 9.17) is 0 Å². The van der Waals surface area contributed by atoms with Gasteiger partial charge in [-0.3, -0.25) is 9.59 Å². The summed E-state index contributed by atoms with van der Waals surface area (Å²) in [4.78, 5) is 30.3. The summed E-state index contributed by atoms with van der Waals surface area (Å²) < 4.78 is 2.02. The summed E-state index contributed by atoms with van der Waals surface area (Å²) in [7, 11) is 0. The van der Waals surface area contributed by atoms with Crippen molar-refractivity contribution in [1.82, 2.24) is 14.5 Å². The van der Waals surface area contributed by atoms with E-state index >= 15 is 0 Å². The van der Waals surface area contributed by atoms with Crippen molar-refractivity contribution >= 4 is 17.5 Å². The lowest BCUT2D eigenvalue weighted by molar-refractivity contribution is -0.136. The number of aromatic nitrogens is 2. The van der Waals surface area contributed by atoms with Gasteiger partial charge in [0.1, 0.15) is 0 Å². The van der Waals surface area contributed by atoms with E-state index in [9.17, 15) is 9.59 Å². The summed E-state index contributed by atoms with van der Waals surface area (Å²) in [5, 5.41) is 2.97. The molecule has 132 valence electrons. The molecule has 0 radical (unpaired) electrons. The highest BCUT2D eigenvalue weighted by atomic mass is 16.2. The van der Waals surface area contributed by atoms with Gasteiger partial charge in [-0.25, -0.2) is 4.98 Å². The van der Waals surface area contributed by atoms with Crippen molar-refractivity contribution in [2.75, 3.05) is 18.4 Å². The van der Waals surface area contributed by atoms with E-state index in [2.05, 4.69) is 10.3 Å². The van der Waals surface area contributed by atoms with Crippen molar-refractivity contribution in [3.05, 3.63) is 42.0 Å². The number of carbonyl (C=O) groups is 2. The van der Waals surface area contributed by atoms with Crippen LogP contribution in [0.3, 0.4) is 0 Å². The highest BCUT2D eigenvalue weighted by Crippen LogP contribution is 2.21. The molecule has 25 heavy (non-hydrogen) atoms. The first-order valence-corrected chi connectivity index (χ1v) is 8.69. The fourth-order valence-corrected chi connectivity index (χ4v) is 3.14. The third-order valence-electron chi connectivity index (χ3n) is 4.92. The lowest BCUT2D eigenvalue weighted by Crippen LogP contribution is -2.43. The molecule has 1 aliphatic rings. The summed E-state index contributed by atoms with van der Waals surface area (Å²) in [5.74, 6) is -0.0221. The Morgan fingerprint density at radius 3 is 2.60 bits per heavy atom. The van der Waals surface area contributed by atoms with Crippen molar-refractivity contribution in [1.29, 1.82) is 0 Å². The van der Waals surface area contributed by atoms with Crippen molar-refractivity contribution in [2.45, 2.75) is 33.6 Å². The first kappa shape index (κ1) is 17.2. The number of nitrogens with zero attached hydrogens (tertiary/aromatic N) is 3. The molecule has 2 aromatic rings. The third kappa shape index (κ3) is 3.57. The normalized spacial score (nSPS) is 17.6. The van der Waals surface area contributed by atoms with Crippen LogP contribution >= 0.6 is 0 Å². The maximum atomic E-state index is 12.5. The minimum absolute atomic E-state index is 0.0200. The molecule has 1 atom stereocenters. The molecule has 1 aromatic carbocycles. The van der Waals surface area contributed by atoms with Crippen molar-refractivity contribution in [3.8, 4) is 5.69 Å². The number of likely N-dealkylation sites (tertiary alicyclic amines) is 1. The Labute approximate surface area is 147 Å². The Morgan fingerprint density at radius 1 is 1.28 bits per heavy atom. The molecule has 1 unspecified atom stereocenters. The lowest BCUT2D eigenvalue weighted by atomic mass is 9.96. The minimum Gasteiger partial charge on any atom is -0.342 e. The van der Waals surface area contributed by atoms with Gasteiger partial charge in [0, 0.05) is 36.6 Å². The van der Waals surface area contributed by atoms with Crippen LogP contribution in [0.5, 0.6) is 0 Å². The number of anilines is 1. The van der Waals surface area contributed by atoms with Crippen LogP contribution in [0.2, 0.25) is 0 Å². The second-order valence-electron chi connectivity index (χ2n) is 6.49. The van der Waals surface area contributed by atoms with Gasteiger partial charge in [-0.2, -0.15) is 0 Å². The van der Waals surface area contributed by atoms with Gasteiger partial charge in [-0.15, -0.1) is 0 Å². The molecule has 6 heteroatoms. The van der Waals surface area contributed by atoms with Gasteiger partial charge in [0.15, 0.2) is 0 Å². The van der Waals surface area contributed by atoms with Gasteiger partial charge >= 0.3 is 0 Å². The average molecular weight is 340 g/mol. The Bertz CT molecular complexity index is 779. The van der Waals surface area contributed by atoms with E-state index < -0.39 is 0 Å². The Hall–Kier alpha value is -2.63. The molecule has 1 N–H and O–H groups in total. The second kappa shape index (κ2) is 7.09. The number of amides is 2. The predicted molar refractivity (Wildman–Crippen MR) is 96.6 cm³/mol. The summed E-state index contributed by atoms with van der Waals surface area (Å²) in [6.07, 6.45) is 2.87. The largest absolute Gasteiger partial charge is 0.342 e. The summed E-state index contributed by atoms with van der Waals surface area (Å²) in [6, 6.07) is 7.72. The van der Waals surface area contributed by atoms with E-state index in [0.29, 0.717) is 25.9 Å². The number of aryl methyl sites for hydroxylation is 1. The molecule has 1 aliphatic heterocycles. The van der Waals surface area contributed by atoms with E-state index in [1.54, 1.807) is 11.2 Å². The van der Waals surface area contributed by atoms with Crippen molar-refractivity contribution in [2.24, 2.45) is 5.92 Å². The molecule has 1 saturated heterocycles. The van der Waals surface area contributed by atoms with Crippen LogP contribution in [0.15, 0.2) is 30.6 Å². The smallest absolute Gasteiger partial charge is 0.229 e. The van der Waals surface area contributed by atoms with Gasteiger partial charge in [0.05, 0.1) is 17.9 Å². The van der Waals surface area contributed by atoms with Crippen LogP contribution in [-0.2, 0) is 9.59 Å². The number of carbonyl (C=O) groups excluding carboxylic acids is 2. The van der Waals surface area contributed by atoms with Gasteiger partial charge < -0.3 is 14.8 Å². The van der Waals surface area contributed by atoms with E-state index in [1.807, 2.05) is 49.6 Å². The first-order chi connectivity index (χ1) is 12.0. The van der Waals surface area contributed by atoms with Crippen LogP contribution in [0.25, 0.3) is 5.69 Å². The molecule has 1 aromatic heterocycles. The van der Waals surface area contributed by atoms with Crippen LogP contribution < -0.4 is 5.32 Å². The molecule has 1 fully saturated rings. The summed E-state index contributed by atoms with van der Waals surface area (Å²) in [6.45, 7) is 7.11. The zero-order chi connectivity index (χ0) is 18.0. The minimum atomic E-state index is -0.143. The Balaban J connectivity index is 1.66. The third-order valence-corrected chi connectivity index (χ3v) is 4.92. The fourth-order valence-electron chi connectivity index (χ4n) is 3.14. The maximum Gasteiger partial charge on any atom is 0.229 e. The zero-order valence-electron chi connectivity index (χ0n) is 15.0. The van der Waals surface area contributed by atoms with Crippen LogP contribution in [0, 0.1) is 19.8 Å². The molecule has 3 rings (SSSR count). The van der Waals surface area contributed by atoms with E-state index in [1.165, 1.54) is 0 Å². The van der Waals surface area contributed by atoms with Gasteiger partial charge in [0.25, 0.3) is 0 Å². The summed E-state index contributed by atoms with van der Waals surface area (Å²) in [5.41, 5.74) is 3.88. The SMILES string of the molecule is CCN1CC(C(=O)Nc2ccc(-n3cnc(C)c3C)cc2)CCC1=O. The topological polar surface area (TPSA) is 67.2 Å². The lowest BCUT2D eigenvalue weighted by Gasteiger charge is -2.31. The molecule has 0 spiro atoms. The quantitative estimate of drug-likeness (QED) is 0.930. The number of rotatable bonds is 4. The zero-order valence-corrected chi connectivity index (χ0v) is 15.0. The monoisotopic (exact) mass is 340 g/mol. The molecule has 0 aliphatic carbocycles. The molecule has 2 heterocycles. The Morgan fingerprint density at radius 2 is 2.00 bits per heavy atom. The number of hydrogen-bond donors (Lipinski definition) is 1. The van der Waals surface area contributed by atoms with Crippen LogP contribution in [-0.4, -0.2) is 39.4 Å². The van der Waals surface area contributed by atoms with E-state index in [0.717, 1.165) is 22.8 Å². The molecule has 0 bridgehead atoms. The number of hydrogen-bond acceptors (Lipinski definition) is 3. The second-order valence-corrected chi connectivity index (χ2v) is 6.49. The number of nitrogens with one attached hydrogen (secondary N) is 1. The average Bonchev–Trinajstić information content (AvgIpc) is 2.95. The molecule has 6 nitrogen and oxygen atoms in total. The Kier molecular flexibility index (Phi) is 4.88. The highest BCUT2D eigenvalue weighted by Gasteiger charge is 2.29. The van der Waals surface area contributed by atoms with Gasteiger partial charge in [0.2, 0.25) is 11.8 Å². The van der Waals surface area contributed by atoms with Gasteiger partial charge in [-0.1, -0.05) is 0 Å². The first-order valence-electron chi connectivity index (χ1n) is 8.69. The highest BCUT2D eigenvalue weighted by molar-refractivity contribution is 5.94. The number of imidazole rings is 1. The maximum absolute atomic E-state index is 12.5.